The topological polar surface area (TPSA) is 245 Å². The predicted molar refractivity (Wildman–Crippen MR) is 393 cm³/mol. The van der Waals surface area contributed by atoms with E-state index in [0.717, 1.165) is 92.5 Å². The van der Waals surface area contributed by atoms with E-state index >= 15 is 0 Å². The van der Waals surface area contributed by atoms with Crippen LogP contribution in [0.15, 0.2) is 237 Å². The van der Waals surface area contributed by atoms with Gasteiger partial charge in [0, 0.05) is 77.7 Å². The van der Waals surface area contributed by atoms with Crippen molar-refractivity contribution in [2.24, 2.45) is 0 Å². The second kappa shape index (κ2) is 32.7. The number of esters is 2. The first-order valence-electron chi connectivity index (χ1n) is 33.7. The Morgan fingerprint density at radius 2 is 0.710 bits per heavy atom. The Bertz CT molecular complexity index is 5650. The molecule has 4 amide bonds. The summed E-state index contributed by atoms with van der Waals surface area (Å²) in [5, 5.41) is 25.4. The van der Waals surface area contributed by atoms with Gasteiger partial charge in [-0.25, -0.2) is 13.2 Å². The number of furan rings is 4. The summed E-state index contributed by atoms with van der Waals surface area (Å²) < 4.78 is 89.1. The molecule has 540 valence electrons. The molecule has 3 N–H and O–H groups in total. The zero-order valence-corrected chi connectivity index (χ0v) is 60.6. The van der Waals surface area contributed by atoms with Crippen LogP contribution in [0.5, 0.6) is 40.2 Å². The molecule has 15 aromatic rings. The first-order chi connectivity index (χ1) is 50.9. The molecule has 0 saturated carbocycles. The Morgan fingerprint density at radius 1 is 0.402 bits per heavy atom. The number of aromatic hydroxyl groups is 1. The molecule has 0 spiro atoms. The van der Waals surface area contributed by atoms with Crippen LogP contribution < -0.4 is 24.8 Å². The average molecular weight is 1610 g/mol. The second-order valence-corrected chi connectivity index (χ2v) is 25.0. The largest absolute Gasteiger partial charge is 0.508 e. The van der Waals surface area contributed by atoms with Crippen LogP contribution in [0, 0.1) is 24.9 Å². The summed E-state index contributed by atoms with van der Waals surface area (Å²) in [6, 6.07) is 55.1. The molecule has 18 nitrogen and oxygen atoms in total. The number of hydrogen-bond acceptors (Lipinski definition) is 16. The fourth-order valence-electron chi connectivity index (χ4n) is 12.8. The van der Waals surface area contributed by atoms with Gasteiger partial charge < -0.3 is 53.9 Å². The SMILES string of the molecule is CCOC(=O)Cc1coc2cc3ccc(O)cc3cc12.CCOC(=O)Cc1coc2cc3ccc(Oc4ccc(F)cc4)cc3cc12.O=C1CCC(c2coc3cc4ccc(Oc5ccc(F)cc5)cc4cc23)C(=O)N1.O=C1CCC(c2coc3cc4ccc(Oc5ccc(F)cc5)cc4cc23)C(=O)N1.[CH3-].[W]. The van der Waals surface area contributed by atoms with E-state index in [-0.39, 0.29) is 100 Å². The zero-order chi connectivity index (χ0) is 72.8. The minimum absolute atomic E-state index is 0. The van der Waals surface area contributed by atoms with Crippen molar-refractivity contribution in [1.29, 1.82) is 0 Å². The molecule has 0 radical (unpaired) electrons. The van der Waals surface area contributed by atoms with E-state index in [2.05, 4.69) is 10.6 Å². The van der Waals surface area contributed by atoms with Crippen LogP contribution in [0.2, 0.25) is 0 Å². The standard InChI is InChI=1S/2C23H16FNO4.C22H17FO4.C16H14O4.CH3.W/c2*24-15-2-5-16(6-3-15)29-17-4-1-13-11-21-19(10-14(13)9-17)20(12-28-21)18-7-8-22(26)25-23(18)27;1-2-25-22(24)12-16-13-26-21-11-14-3-6-19(9-15(14)10-20(16)21)27-18-7-4-17(23)5-8-18;1-2-19-16(18)8-12-9-20-15-7-10-3-4-13(17)5-11(10)6-14(12)15;;/h2*1-6,9-12,18H,7-8H2,(H,25,26,27);3-11,13H,2,12H2,1H3;3-7,9,17H,2,8H2,1H3;1H3;/q;;;;-1;. The molecular formula is C85H66F3N2O16W-. The number of fused-ring (bicyclic) bond motifs is 8. The Morgan fingerprint density at radius 3 is 1.06 bits per heavy atom. The maximum atomic E-state index is 13.1. The van der Waals surface area contributed by atoms with Gasteiger partial charge in [-0.3, -0.25) is 39.4 Å². The van der Waals surface area contributed by atoms with Crippen LogP contribution >= 0.6 is 0 Å². The smallest absolute Gasteiger partial charge is 0.310 e. The third kappa shape index (κ3) is 17.2. The third-order valence-electron chi connectivity index (χ3n) is 17.9. The van der Waals surface area contributed by atoms with Gasteiger partial charge in [0.15, 0.2) is 0 Å². The maximum Gasteiger partial charge on any atom is 0.310 e. The number of piperidine rings is 2. The van der Waals surface area contributed by atoms with Gasteiger partial charge in [-0.05, 0) is 240 Å². The molecule has 2 unspecified atom stereocenters. The van der Waals surface area contributed by atoms with Crippen molar-refractivity contribution in [3.05, 3.63) is 266 Å². The number of amides is 4. The Balaban J connectivity index is 0.000000134. The van der Waals surface area contributed by atoms with Gasteiger partial charge >= 0.3 is 11.9 Å². The minimum Gasteiger partial charge on any atom is -0.508 e. The number of benzene rings is 11. The number of rotatable bonds is 14. The molecule has 2 aliphatic heterocycles. The van der Waals surface area contributed by atoms with E-state index in [4.69, 9.17) is 41.4 Å². The van der Waals surface area contributed by atoms with E-state index in [9.17, 15) is 47.0 Å². The number of hydrogen-bond donors (Lipinski definition) is 3. The quantitative estimate of drug-likeness (QED) is 0.0520. The molecule has 0 aliphatic carbocycles. The van der Waals surface area contributed by atoms with Crippen LogP contribution in [0.3, 0.4) is 0 Å². The van der Waals surface area contributed by atoms with Gasteiger partial charge in [-0.2, -0.15) is 0 Å². The predicted octanol–water partition coefficient (Wildman–Crippen LogP) is 19.5. The maximum absolute atomic E-state index is 13.1. The van der Waals surface area contributed by atoms with Crippen LogP contribution in [-0.2, 0) is 72.1 Å². The van der Waals surface area contributed by atoms with E-state index in [1.54, 1.807) is 87.4 Å². The molecule has 6 heterocycles. The fourth-order valence-corrected chi connectivity index (χ4v) is 12.8. The number of nitrogens with one attached hydrogen (secondary N) is 2. The van der Waals surface area contributed by atoms with Crippen molar-refractivity contribution in [3.63, 3.8) is 0 Å². The summed E-state index contributed by atoms with van der Waals surface area (Å²) in [5.74, 6) is 0.335. The van der Waals surface area contributed by atoms with Gasteiger partial charge in [0.1, 0.15) is 80.0 Å². The summed E-state index contributed by atoms with van der Waals surface area (Å²) in [6.45, 7) is 4.27. The number of carbonyl (C=O) groups is 6. The molecule has 2 aliphatic rings. The summed E-state index contributed by atoms with van der Waals surface area (Å²) in [7, 11) is 0. The zero-order valence-electron chi connectivity index (χ0n) is 57.7. The van der Waals surface area contributed by atoms with Gasteiger partial charge in [0.2, 0.25) is 23.6 Å². The Kier molecular flexibility index (Phi) is 22.7. The number of carbonyl (C=O) groups excluding carboxylic acids is 6. The molecule has 107 heavy (non-hydrogen) atoms. The number of phenols is 1. The average Bonchev–Trinajstić information content (AvgIpc) is 1.66. The van der Waals surface area contributed by atoms with Crippen LogP contribution in [0.4, 0.5) is 13.2 Å². The van der Waals surface area contributed by atoms with Crippen LogP contribution in [0.1, 0.15) is 73.6 Å². The number of phenolic OH excluding ortho intramolecular Hbond substituents is 1. The third-order valence-corrected chi connectivity index (χ3v) is 17.9. The van der Waals surface area contributed by atoms with Gasteiger partial charge in [0.25, 0.3) is 0 Å². The van der Waals surface area contributed by atoms with Gasteiger partial charge in [0.05, 0.1) is 62.9 Å². The van der Waals surface area contributed by atoms with Crippen molar-refractivity contribution in [2.75, 3.05) is 13.2 Å². The van der Waals surface area contributed by atoms with E-state index < -0.39 is 11.8 Å². The first kappa shape index (κ1) is 74.2. The van der Waals surface area contributed by atoms with Gasteiger partial charge in [-0.15, -0.1) is 0 Å². The van der Waals surface area contributed by atoms with Crippen molar-refractivity contribution in [3.8, 4) is 40.2 Å². The summed E-state index contributed by atoms with van der Waals surface area (Å²) in [4.78, 5) is 70.8. The Labute approximate surface area is 623 Å². The normalized spacial score (nSPS) is 14.0. The fraction of sp³-hybridized carbons (Fsp3) is 0.141. The summed E-state index contributed by atoms with van der Waals surface area (Å²) in [5.41, 5.74) is 5.94. The molecule has 2 fully saturated rings. The molecule has 11 aromatic carbocycles. The van der Waals surface area contributed by atoms with E-state index in [1.165, 1.54) is 36.4 Å². The minimum atomic E-state index is -0.412. The molecular weight excluding hydrogens is 1550 g/mol. The number of halogens is 3. The molecule has 4 aromatic heterocycles. The number of ether oxygens (including phenoxy) is 5. The van der Waals surface area contributed by atoms with Crippen molar-refractivity contribution >= 4 is 123 Å². The second-order valence-electron chi connectivity index (χ2n) is 25.0. The molecule has 2 saturated heterocycles. The molecule has 17 rings (SSSR count). The molecule has 2 atom stereocenters. The summed E-state index contributed by atoms with van der Waals surface area (Å²) in [6.07, 6.45) is 8.27. The number of imide groups is 2. The van der Waals surface area contributed by atoms with E-state index in [0.29, 0.717) is 90.1 Å². The summed E-state index contributed by atoms with van der Waals surface area (Å²) >= 11 is 0. The van der Waals surface area contributed by atoms with Crippen LogP contribution in [-0.4, -0.2) is 53.9 Å². The molecule has 22 heteroatoms. The van der Waals surface area contributed by atoms with Crippen LogP contribution in [0.25, 0.3) is 87.0 Å². The van der Waals surface area contributed by atoms with Crippen molar-refractivity contribution in [1.82, 2.24) is 10.6 Å². The first-order valence-corrected chi connectivity index (χ1v) is 33.7. The van der Waals surface area contributed by atoms with Crippen molar-refractivity contribution in [2.45, 2.75) is 64.2 Å². The Hall–Kier alpha value is -12.5. The van der Waals surface area contributed by atoms with Crippen molar-refractivity contribution < 1.29 is 109 Å². The molecule has 0 bridgehead atoms. The monoisotopic (exact) mass is 1610 g/mol. The van der Waals surface area contributed by atoms with E-state index in [1.807, 2.05) is 109 Å². The van der Waals surface area contributed by atoms with Gasteiger partial charge in [-0.1, -0.05) is 24.3 Å².